The number of anilines is 1. The van der Waals surface area contributed by atoms with E-state index in [1.165, 1.54) is 49.4 Å². The van der Waals surface area contributed by atoms with Gasteiger partial charge >= 0.3 is 0 Å². The fourth-order valence-electron chi connectivity index (χ4n) is 3.91. The van der Waals surface area contributed by atoms with Gasteiger partial charge in [0.1, 0.15) is 6.04 Å². The summed E-state index contributed by atoms with van der Waals surface area (Å²) >= 11 is 0. The van der Waals surface area contributed by atoms with E-state index in [0.717, 1.165) is 4.90 Å². The van der Waals surface area contributed by atoms with Crippen LogP contribution in [0.15, 0.2) is 77.9 Å². The van der Waals surface area contributed by atoms with E-state index in [1.54, 1.807) is 51.1 Å². The monoisotopic (exact) mass is 514 g/mol. The summed E-state index contributed by atoms with van der Waals surface area (Å²) in [7, 11) is 0. The van der Waals surface area contributed by atoms with Crippen molar-refractivity contribution in [1.29, 1.82) is 0 Å². The molecule has 0 aromatic heterocycles. The number of para-hydroxylation sites is 1. The third kappa shape index (κ3) is 6.21. The third-order valence-electron chi connectivity index (χ3n) is 5.48. The van der Waals surface area contributed by atoms with Crippen LogP contribution in [0.1, 0.15) is 60.0 Å². The van der Waals surface area contributed by atoms with Crippen LogP contribution in [-0.2, 0) is 4.79 Å². The van der Waals surface area contributed by atoms with Gasteiger partial charge in [-0.05, 0) is 63.1 Å². The molecule has 3 aromatic carbocycles. The largest absolute Gasteiger partial charge is 0.349 e. The smallest absolute Gasteiger partial charge is 0.269 e. The summed E-state index contributed by atoms with van der Waals surface area (Å²) < 4.78 is 0. The lowest BCUT2D eigenvalue weighted by atomic mass is 9.97. The fraction of sp³-hybridized carbons (Fsp3) is 0.222. The van der Waals surface area contributed by atoms with E-state index in [-0.39, 0.29) is 39.5 Å². The topological polar surface area (TPSA) is 158 Å². The van der Waals surface area contributed by atoms with Gasteiger partial charge in [0, 0.05) is 39.4 Å². The SMILES string of the molecule is CC(=O)c1ccccc1N(C(=O)c1ccc([N+](=O)[O-])cc1)C(C(=O)NC(C)(C)C)c1ccccc1N=[N+]=[N-]. The summed E-state index contributed by atoms with van der Waals surface area (Å²) in [6.07, 6.45) is 0. The van der Waals surface area contributed by atoms with Gasteiger partial charge in [-0.1, -0.05) is 41.5 Å². The second-order valence-corrected chi connectivity index (χ2v) is 9.44. The molecule has 1 atom stereocenters. The maximum atomic E-state index is 14.1. The Morgan fingerprint density at radius 2 is 1.61 bits per heavy atom. The third-order valence-corrected chi connectivity index (χ3v) is 5.48. The average molecular weight is 515 g/mol. The van der Waals surface area contributed by atoms with Crippen molar-refractivity contribution in [2.24, 2.45) is 5.11 Å². The lowest BCUT2D eigenvalue weighted by molar-refractivity contribution is -0.384. The number of carbonyl (C=O) groups is 3. The molecular formula is C27H26N6O5. The molecule has 0 bridgehead atoms. The van der Waals surface area contributed by atoms with Gasteiger partial charge in [-0.2, -0.15) is 0 Å². The number of rotatable bonds is 8. The Kier molecular flexibility index (Phi) is 8.24. The summed E-state index contributed by atoms with van der Waals surface area (Å²) in [5, 5.41) is 17.7. The highest BCUT2D eigenvalue weighted by Gasteiger charge is 2.37. The number of nitrogens with zero attached hydrogens (tertiary/aromatic N) is 5. The highest BCUT2D eigenvalue weighted by Crippen LogP contribution is 2.37. The minimum absolute atomic E-state index is 0.0452. The summed E-state index contributed by atoms with van der Waals surface area (Å²) in [5.74, 6) is -1.63. The van der Waals surface area contributed by atoms with Crippen molar-refractivity contribution in [3.8, 4) is 0 Å². The van der Waals surface area contributed by atoms with E-state index < -0.39 is 28.3 Å². The standard InChI is InChI=1S/C27H26N6O5/c1-17(34)20-9-6-8-12-23(20)32(26(36)18-13-15-19(16-14-18)33(37)38)24(25(35)29-27(2,3)4)21-10-5-7-11-22(21)30-31-28/h5-16,24H,1-4H3,(H,29,35). The quantitative estimate of drug-likeness (QED) is 0.0967. The zero-order valence-electron chi connectivity index (χ0n) is 21.3. The van der Waals surface area contributed by atoms with Crippen LogP contribution in [0, 0.1) is 10.1 Å². The van der Waals surface area contributed by atoms with Crippen molar-refractivity contribution >= 4 is 34.7 Å². The lowest BCUT2D eigenvalue weighted by Crippen LogP contribution is -2.49. The van der Waals surface area contributed by atoms with E-state index in [4.69, 9.17) is 5.53 Å². The number of non-ortho nitro benzene ring substituents is 1. The van der Waals surface area contributed by atoms with Crippen molar-refractivity contribution in [2.45, 2.75) is 39.3 Å². The normalized spacial score (nSPS) is 11.6. The summed E-state index contributed by atoms with van der Waals surface area (Å²) in [4.78, 5) is 55.2. The highest BCUT2D eigenvalue weighted by atomic mass is 16.6. The number of nitrogens with one attached hydrogen (secondary N) is 1. The van der Waals surface area contributed by atoms with Crippen LogP contribution < -0.4 is 10.2 Å². The van der Waals surface area contributed by atoms with Crippen molar-refractivity contribution in [3.05, 3.63) is 110 Å². The Balaban J connectivity index is 2.36. The first-order valence-corrected chi connectivity index (χ1v) is 11.6. The first-order chi connectivity index (χ1) is 17.9. The van der Waals surface area contributed by atoms with E-state index >= 15 is 0 Å². The van der Waals surface area contributed by atoms with Gasteiger partial charge in [0.2, 0.25) is 5.91 Å². The zero-order chi connectivity index (χ0) is 28.0. The maximum Gasteiger partial charge on any atom is 0.269 e. The van der Waals surface area contributed by atoms with Crippen LogP contribution >= 0.6 is 0 Å². The second kappa shape index (κ2) is 11.4. The lowest BCUT2D eigenvalue weighted by Gasteiger charge is -2.35. The van der Waals surface area contributed by atoms with Gasteiger partial charge < -0.3 is 5.32 Å². The minimum atomic E-state index is -1.38. The van der Waals surface area contributed by atoms with Gasteiger partial charge in [0.05, 0.1) is 10.6 Å². The van der Waals surface area contributed by atoms with Crippen molar-refractivity contribution in [1.82, 2.24) is 5.32 Å². The van der Waals surface area contributed by atoms with E-state index in [0.29, 0.717) is 0 Å². The van der Waals surface area contributed by atoms with Gasteiger partial charge in [-0.3, -0.25) is 29.4 Å². The Morgan fingerprint density at radius 1 is 1.00 bits per heavy atom. The van der Waals surface area contributed by atoms with E-state index in [1.807, 2.05) is 0 Å². The second-order valence-electron chi connectivity index (χ2n) is 9.44. The Labute approximate surface area is 218 Å². The van der Waals surface area contributed by atoms with Gasteiger partial charge in [0.25, 0.3) is 11.6 Å². The number of benzene rings is 3. The molecule has 11 heteroatoms. The summed E-state index contributed by atoms with van der Waals surface area (Å²) in [6, 6.07) is 16.2. The number of hydrogen-bond acceptors (Lipinski definition) is 6. The van der Waals surface area contributed by atoms with Crippen LogP contribution in [-0.4, -0.2) is 28.1 Å². The van der Waals surface area contributed by atoms with Gasteiger partial charge in [0.15, 0.2) is 5.78 Å². The number of azide groups is 1. The van der Waals surface area contributed by atoms with E-state index in [9.17, 15) is 24.5 Å². The molecule has 11 nitrogen and oxygen atoms in total. The molecule has 38 heavy (non-hydrogen) atoms. The number of amides is 2. The molecule has 2 amide bonds. The summed E-state index contributed by atoms with van der Waals surface area (Å²) in [6.45, 7) is 6.65. The first-order valence-electron chi connectivity index (χ1n) is 11.6. The Morgan fingerprint density at radius 3 is 2.18 bits per heavy atom. The van der Waals surface area contributed by atoms with Crippen molar-refractivity contribution in [3.63, 3.8) is 0 Å². The molecule has 0 aliphatic rings. The molecule has 0 aliphatic heterocycles. The van der Waals surface area contributed by atoms with Gasteiger partial charge in [-0.15, -0.1) is 0 Å². The average Bonchev–Trinajstić information content (AvgIpc) is 2.86. The number of hydrogen-bond donors (Lipinski definition) is 1. The van der Waals surface area contributed by atoms with Crippen molar-refractivity contribution in [2.75, 3.05) is 4.90 Å². The molecular weight excluding hydrogens is 488 g/mol. The highest BCUT2D eigenvalue weighted by molar-refractivity contribution is 6.13. The molecule has 1 N–H and O–H groups in total. The molecule has 0 spiro atoms. The minimum Gasteiger partial charge on any atom is -0.349 e. The predicted octanol–water partition coefficient (Wildman–Crippen LogP) is 6.04. The van der Waals surface area contributed by atoms with Crippen LogP contribution in [0.3, 0.4) is 0 Å². The molecule has 3 rings (SSSR count). The molecule has 1 unspecified atom stereocenters. The molecule has 0 saturated carbocycles. The van der Waals surface area contributed by atoms with Crippen molar-refractivity contribution < 1.29 is 19.3 Å². The number of Topliss-reactive ketones (excluding diaryl/α,β-unsaturated/α-hetero) is 1. The molecule has 0 heterocycles. The molecule has 194 valence electrons. The number of nitro groups is 1. The molecule has 3 aromatic rings. The first kappa shape index (κ1) is 27.6. The maximum absolute atomic E-state index is 14.1. The molecule has 0 fully saturated rings. The molecule has 0 aliphatic carbocycles. The fourth-order valence-corrected chi connectivity index (χ4v) is 3.91. The number of nitro benzene ring substituents is 1. The van der Waals surface area contributed by atoms with Gasteiger partial charge in [-0.25, -0.2) is 0 Å². The van der Waals surface area contributed by atoms with Crippen LogP contribution in [0.2, 0.25) is 0 Å². The number of carbonyl (C=O) groups excluding carboxylic acids is 3. The predicted molar refractivity (Wildman–Crippen MR) is 142 cm³/mol. The van der Waals surface area contributed by atoms with E-state index in [2.05, 4.69) is 15.3 Å². The Bertz CT molecular complexity index is 1440. The molecule has 0 saturated heterocycles. The van der Waals surface area contributed by atoms with Crippen LogP contribution in [0.4, 0.5) is 17.1 Å². The zero-order valence-corrected chi connectivity index (χ0v) is 21.3. The number of ketones is 1. The van der Waals surface area contributed by atoms with Crippen LogP contribution in [0.5, 0.6) is 0 Å². The Hall–Kier alpha value is -5.02. The van der Waals surface area contributed by atoms with Crippen LogP contribution in [0.25, 0.3) is 10.4 Å². The molecule has 0 radical (unpaired) electrons. The summed E-state index contributed by atoms with van der Waals surface area (Å²) in [5.41, 5.74) is 8.95.